The van der Waals surface area contributed by atoms with Gasteiger partial charge in [-0.3, -0.25) is 4.79 Å². The summed E-state index contributed by atoms with van der Waals surface area (Å²) in [4.78, 5) is 13.9. The predicted octanol–water partition coefficient (Wildman–Crippen LogP) is 3.14. The van der Waals surface area contributed by atoms with Crippen molar-refractivity contribution < 1.29 is 9.18 Å². The van der Waals surface area contributed by atoms with Crippen LogP contribution >= 0.6 is 0 Å². The smallest absolute Gasteiger partial charge is 0.220 e. The molecule has 0 aliphatic rings. The number of nitrogens with one attached hydrogen (secondary N) is 1. The van der Waals surface area contributed by atoms with Gasteiger partial charge in [0.1, 0.15) is 5.82 Å². The van der Waals surface area contributed by atoms with Gasteiger partial charge in [0.05, 0.1) is 0 Å². The molecule has 2 rings (SSSR count). The molecule has 0 aliphatic carbocycles. The first kappa shape index (κ1) is 16.0. The molecule has 0 heterocycles. The molecule has 2 aromatic carbocycles. The lowest BCUT2D eigenvalue weighted by atomic mass is 10.1. The second-order valence-corrected chi connectivity index (χ2v) is 5.43. The molecule has 116 valence electrons. The fraction of sp³-hybridized carbons (Fsp3) is 0.278. The minimum absolute atomic E-state index is 0.0695. The highest BCUT2D eigenvalue weighted by atomic mass is 19.1. The van der Waals surface area contributed by atoms with Crippen LogP contribution in [-0.4, -0.2) is 20.0 Å². The fourth-order valence-electron chi connectivity index (χ4n) is 2.15. The van der Waals surface area contributed by atoms with E-state index in [1.54, 1.807) is 18.2 Å². The molecule has 22 heavy (non-hydrogen) atoms. The number of benzene rings is 2. The van der Waals surface area contributed by atoms with Crippen LogP contribution < -0.4 is 10.2 Å². The maximum Gasteiger partial charge on any atom is 0.220 e. The fourth-order valence-corrected chi connectivity index (χ4v) is 2.15. The number of carbonyl (C=O) groups is 1. The van der Waals surface area contributed by atoms with Crippen LogP contribution in [0, 0.1) is 5.82 Å². The Balaban J connectivity index is 1.79. The van der Waals surface area contributed by atoms with E-state index in [4.69, 9.17) is 0 Å². The molecule has 0 spiro atoms. The number of rotatable bonds is 6. The SMILES string of the molecule is CN(C)c1ccc(CNC(=O)CCc2ccccc2F)cc1. The molecule has 3 nitrogen and oxygen atoms in total. The van der Waals surface area contributed by atoms with Crippen LogP contribution in [0.2, 0.25) is 0 Å². The van der Waals surface area contributed by atoms with Gasteiger partial charge in [0, 0.05) is 32.7 Å². The van der Waals surface area contributed by atoms with Crippen LogP contribution in [-0.2, 0) is 17.8 Å². The first-order valence-electron chi connectivity index (χ1n) is 7.32. The highest BCUT2D eigenvalue weighted by molar-refractivity contribution is 5.76. The molecule has 0 aliphatic heterocycles. The third kappa shape index (κ3) is 4.58. The minimum Gasteiger partial charge on any atom is -0.378 e. The van der Waals surface area contributed by atoms with E-state index in [0.29, 0.717) is 18.5 Å². The van der Waals surface area contributed by atoms with Crippen molar-refractivity contribution in [3.8, 4) is 0 Å². The monoisotopic (exact) mass is 300 g/mol. The van der Waals surface area contributed by atoms with Crippen molar-refractivity contribution in [3.63, 3.8) is 0 Å². The zero-order valence-electron chi connectivity index (χ0n) is 13.0. The first-order chi connectivity index (χ1) is 10.6. The topological polar surface area (TPSA) is 32.3 Å². The summed E-state index contributed by atoms with van der Waals surface area (Å²) in [6, 6.07) is 14.6. The van der Waals surface area contributed by atoms with Crippen molar-refractivity contribution in [2.24, 2.45) is 0 Å². The van der Waals surface area contributed by atoms with Crippen molar-refractivity contribution in [2.45, 2.75) is 19.4 Å². The van der Waals surface area contributed by atoms with Gasteiger partial charge in [0.2, 0.25) is 5.91 Å². The molecule has 0 saturated carbocycles. The largest absolute Gasteiger partial charge is 0.378 e. The maximum absolute atomic E-state index is 13.5. The molecular weight excluding hydrogens is 279 g/mol. The Morgan fingerprint density at radius 3 is 2.41 bits per heavy atom. The average Bonchev–Trinajstić information content (AvgIpc) is 2.52. The molecule has 0 unspecified atom stereocenters. The molecule has 4 heteroatoms. The van der Waals surface area contributed by atoms with E-state index in [2.05, 4.69) is 5.32 Å². The number of nitrogens with zero attached hydrogens (tertiary/aromatic N) is 1. The van der Waals surface area contributed by atoms with Gasteiger partial charge in [-0.25, -0.2) is 4.39 Å². The Morgan fingerprint density at radius 1 is 1.09 bits per heavy atom. The van der Waals surface area contributed by atoms with E-state index in [0.717, 1.165) is 11.3 Å². The van der Waals surface area contributed by atoms with Gasteiger partial charge in [0.15, 0.2) is 0 Å². The van der Waals surface area contributed by atoms with Gasteiger partial charge in [-0.15, -0.1) is 0 Å². The van der Waals surface area contributed by atoms with Gasteiger partial charge in [-0.05, 0) is 35.7 Å². The van der Waals surface area contributed by atoms with E-state index in [9.17, 15) is 9.18 Å². The van der Waals surface area contributed by atoms with Gasteiger partial charge in [-0.1, -0.05) is 30.3 Å². The number of aryl methyl sites for hydroxylation is 1. The number of carbonyl (C=O) groups excluding carboxylic acids is 1. The Morgan fingerprint density at radius 2 is 1.77 bits per heavy atom. The number of anilines is 1. The zero-order valence-corrected chi connectivity index (χ0v) is 13.0. The van der Waals surface area contributed by atoms with Crippen LogP contribution in [0.25, 0.3) is 0 Å². The highest BCUT2D eigenvalue weighted by Gasteiger charge is 2.05. The van der Waals surface area contributed by atoms with E-state index >= 15 is 0 Å². The van der Waals surface area contributed by atoms with Crippen molar-refractivity contribution in [1.82, 2.24) is 5.32 Å². The summed E-state index contributed by atoms with van der Waals surface area (Å²) in [6.45, 7) is 0.490. The Kier molecular flexibility index (Phi) is 5.53. The van der Waals surface area contributed by atoms with E-state index in [1.807, 2.05) is 43.3 Å². The predicted molar refractivity (Wildman–Crippen MR) is 87.3 cm³/mol. The summed E-state index contributed by atoms with van der Waals surface area (Å²) in [5, 5.41) is 2.86. The third-order valence-corrected chi connectivity index (χ3v) is 3.52. The lowest BCUT2D eigenvalue weighted by Gasteiger charge is -2.13. The molecule has 0 aromatic heterocycles. The molecule has 0 radical (unpaired) electrons. The molecular formula is C18H21FN2O. The van der Waals surface area contributed by atoms with Gasteiger partial charge in [0.25, 0.3) is 0 Å². The Bertz CT molecular complexity index is 623. The van der Waals surface area contributed by atoms with Crippen molar-refractivity contribution >= 4 is 11.6 Å². The first-order valence-corrected chi connectivity index (χ1v) is 7.32. The van der Waals surface area contributed by atoms with Crippen molar-refractivity contribution in [1.29, 1.82) is 0 Å². The number of hydrogen-bond donors (Lipinski definition) is 1. The standard InChI is InChI=1S/C18H21FN2O/c1-21(2)16-10-7-14(8-11-16)13-20-18(22)12-9-15-5-3-4-6-17(15)19/h3-8,10-11H,9,12-13H2,1-2H3,(H,20,22). The van der Waals surface area contributed by atoms with Crippen molar-refractivity contribution in [2.75, 3.05) is 19.0 Å². The number of halogens is 1. The number of amides is 1. The lowest BCUT2D eigenvalue weighted by molar-refractivity contribution is -0.121. The summed E-state index contributed by atoms with van der Waals surface area (Å²) >= 11 is 0. The van der Waals surface area contributed by atoms with Gasteiger partial charge in [-0.2, -0.15) is 0 Å². The lowest BCUT2D eigenvalue weighted by Crippen LogP contribution is -2.23. The maximum atomic E-state index is 13.5. The molecule has 0 fully saturated rings. The third-order valence-electron chi connectivity index (χ3n) is 3.52. The van der Waals surface area contributed by atoms with Crippen LogP contribution in [0.15, 0.2) is 48.5 Å². The molecule has 1 amide bonds. The Hall–Kier alpha value is -2.36. The van der Waals surface area contributed by atoms with Crippen LogP contribution in [0.1, 0.15) is 17.5 Å². The van der Waals surface area contributed by atoms with Crippen LogP contribution in [0.3, 0.4) is 0 Å². The highest BCUT2D eigenvalue weighted by Crippen LogP contribution is 2.12. The summed E-state index contributed by atoms with van der Waals surface area (Å²) in [5.74, 6) is -0.325. The Labute approximate surface area is 130 Å². The molecule has 2 aromatic rings. The normalized spacial score (nSPS) is 10.3. The van der Waals surface area contributed by atoms with E-state index in [1.165, 1.54) is 6.07 Å². The second-order valence-electron chi connectivity index (χ2n) is 5.43. The molecule has 0 atom stereocenters. The van der Waals surface area contributed by atoms with E-state index < -0.39 is 0 Å². The summed E-state index contributed by atoms with van der Waals surface area (Å²) in [6.07, 6.45) is 0.703. The van der Waals surface area contributed by atoms with Gasteiger partial charge < -0.3 is 10.2 Å². The molecule has 0 bridgehead atoms. The zero-order chi connectivity index (χ0) is 15.9. The summed E-state index contributed by atoms with van der Waals surface area (Å²) < 4.78 is 13.5. The summed E-state index contributed by atoms with van der Waals surface area (Å²) in [7, 11) is 3.97. The second kappa shape index (κ2) is 7.59. The van der Waals surface area contributed by atoms with Crippen LogP contribution in [0.4, 0.5) is 10.1 Å². The van der Waals surface area contributed by atoms with E-state index in [-0.39, 0.29) is 18.1 Å². The van der Waals surface area contributed by atoms with Gasteiger partial charge >= 0.3 is 0 Å². The number of hydrogen-bond acceptors (Lipinski definition) is 2. The average molecular weight is 300 g/mol. The molecule has 1 N–H and O–H groups in total. The van der Waals surface area contributed by atoms with Crippen LogP contribution in [0.5, 0.6) is 0 Å². The van der Waals surface area contributed by atoms with Crippen molar-refractivity contribution in [3.05, 3.63) is 65.5 Å². The minimum atomic E-state index is -0.255. The summed E-state index contributed by atoms with van der Waals surface area (Å²) in [5.41, 5.74) is 2.74. The quantitative estimate of drug-likeness (QED) is 0.889. The molecule has 0 saturated heterocycles.